The minimum Gasteiger partial charge on any atom is -0.465 e. The maximum Gasteiger partial charge on any atom is 0.337 e. The summed E-state index contributed by atoms with van der Waals surface area (Å²) in [5.41, 5.74) is 10.1. The van der Waals surface area contributed by atoms with E-state index < -0.39 is 0 Å². The molecule has 1 aliphatic carbocycles. The summed E-state index contributed by atoms with van der Waals surface area (Å²) in [6.45, 7) is 0. The van der Waals surface area contributed by atoms with E-state index in [2.05, 4.69) is 18.2 Å². The Kier molecular flexibility index (Phi) is 3.88. The summed E-state index contributed by atoms with van der Waals surface area (Å²) in [6, 6.07) is 11.8. The second-order valence-electron chi connectivity index (χ2n) is 5.13. The Bertz CT molecular complexity index is 697. The largest absolute Gasteiger partial charge is 0.465 e. The molecule has 0 bridgehead atoms. The quantitative estimate of drug-likeness (QED) is 0.693. The smallest absolute Gasteiger partial charge is 0.337 e. The van der Waals surface area contributed by atoms with Crippen LogP contribution in [0, 0.1) is 0 Å². The van der Waals surface area contributed by atoms with E-state index in [4.69, 9.17) is 10.5 Å². The minimum absolute atomic E-state index is 0.342. The van der Waals surface area contributed by atoms with Crippen LogP contribution < -0.4 is 5.73 Å². The molecule has 1 aliphatic rings. The molecule has 0 heterocycles. The van der Waals surface area contributed by atoms with Gasteiger partial charge in [0, 0.05) is 15.5 Å². The lowest BCUT2D eigenvalue weighted by atomic mass is 10.1. The summed E-state index contributed by atoms with van der Waals surface area (Å²) in [5.74, 6) is -0.342. The van der Waals surface area contributed by atoms with Gasteiger partial charge in [-0.15, -0.1) is 0 Å². The van der Waals surface area contributed by atoms with Gasteiger partial charge in [-0.2, -0.15) is 0 Å². The van der Waals surface area contributed by atoms with Gasteiger partial charge in [-0.1, -0.05) is 17.8 Å². The first-order valence-corrected chi connectivity index (χ1v) is 7.76. The van der Waals surface area contributed by atoms with E-state index in [9.17, 15) is 4.79 Å². The average Bonchev–Trinajstić information content (AvgIpc) is 2.96. The van der Waals surface area contributed by atoms with Crippen LogP contribution in [0.25, 0.3) is 0 Å². The number of methoxy groups -OCH3 is 1. The van der Waals surface area contributed by atoms with Gasteiger partial charge in [0.15, 0.2) is 0 Å². The molecule has 0 aromatic heterocycles. The van der Waals surface area contributed by atoms with Gasteiger partial charge in [0.05, 0.1) is 12.7 Å². The molecule has 3 rings (SSSR count). The van der Waals surface area contributed by atoms with Gasteiger partial charge in [-0.25, -0.2) is 4.79 Å². The van der Waals surface area contributed by atoms with Crippen LogP contribution in [0.3, 0.4) is 0 Å². The molecule has 0 unspecified atom stereocenters. The van der Waals surface area contributed by atoms with Gasteiger partial charge in [0.2, 0.25) is 0 Å². The number of rotatable bonds is 3. The molecule has 0 aliphatic heterocycles. The van der Waals surface area contributed by atoms with Crippen molar-refractivity contribution in [3.05, 3.63) is 53.1 Å². The third kappa shape index (κ3) is 2.90. The summed E-state index contributed by atoms with van der Waals surface area (Å²) in [6.07, 6.45) is 3.57. The number of carbonyl (C=O) groups excluding carboxylic acids is 1. The monoisotopic (exact) mass is 299 g/mol. The SMILES string of the molecule is COC(=O)c1ccc(N)c(Sc2ccc3c(c2)CCC3)c1. The first-order valence-electron chi connectivity index (χ1n) is 6.95. The molecule has 0 atom stereocenters. The zero-order valence-corrected chi connectivity index (χ0v) is 12.7. The van der Waals surface area contributed by atoms with Crippen LogP contribution in [0.1, 0.15) is 27.9 Å². The van der Waals surface area contributed by atoms with Crippen molar-refractivity contribution in [3.8, 4) is 0 Å². The number of fused-ring (bicyclic) bond motifs is 1. The first-order chi connectivity index (χ1) is 10.2. The lowest BCUT2D eigenvalue weighted by Gasteiger charge is -2.09. The number of anilines is 1. The van der Waals surface area contributed by atoms with Crippen LogP contribution in [-0.4, -0.2) is 13.1 Å². The fourth-order valence-electron chi connectivity index (χ4n) is 2.61. The molecule has 2 N–H and O–H groups in total. The molecule has 0 saturated carbocycles. The Hall–Kier alpha value is -1.94. The van der Waals surface area contributed by atoms with Crippen molar-refractivity contribution < 1.29 is 9.53 Å². The molecule has 0 saturated heterocycles. The third-order valence-corrected chi connectivity index (χ3v) is 4.80. The van der Waals surface area contributed by atoms with E-state index in [1.807, 2.05) is 0 Å². The predicted molar refractivity (Wildman–Crippen MR) is 84.8 cm³/mol. The molecular formula is C17H17NO2S. The number of hydrogen-bond acceptors (Lipinski definition) is 4. The minimum atomic E-state index is -0.342. The number of nitrogens with two attached hydrogens (primary N) is 1. The van der Waals surface area contributed by atoms with Gasteiger partial charge in [-0.3, -0.25) is 0 Å². The number of benzene rings is 2. The highest BCUT2D eigenvalue weighted by molar-refractivity contribution is 7.99. The topological polar surface area (TPSA) is 52.3 Å². The van der Waals surface area contributed by atoms with Crippen molar-refractivity contribution in [2.75, 3.05) is 12.8 Å². The maximum atomic E-state index is 11.6. The number of carbonyl (C=O) groups is 1. The van der Waals surface area contributed by atoms with Crippen molar-refractivity contribution in [3.63, 3.8) is 0 Å². The Balaban J connectivity index is 1.89. The summed E-state index contributed by atoms with van der Waals surface area (Å²) < 4.78 is 4.75. The number of esters is 1. The fourth-order valence-corrected chi connectivity index (χ4v) is 3.57. The Morgan fingerprint density at radius 3 is 2.76 bits per heavy atom. The normalized spacial score (nSPS) is 13.0. The number of aryl methyl sites for hydroxylation is 2. The Labute approximate surface area is 128 Å². The number of hydrogen-bond donors (Lipinski definition) is 1. The molecule has 2 aromatic carbocycles. The molecule has 0 radical (unpaired) electrons. The predicted octanol–water partition coefficient (Wildman–Crippen LogP) is 3.70. The van der Waals surface area contributed by atoms with Crippen molar-refractivity contribution in [2.45, 2.75) is 29.1 Å². The first kappa shape index (κ1) is 14.0. The molecule has 0 spiro atoms. The molecule has 21 heavy (non-hydrogen) atoms. The highest BCUT2D eigenvalue weighted by Crippen LogP contribution is 2.35. The van der Waals surface area contributed by atoms with Crippen LogP contribution in [0.4, 0.5) is 5.69 Å². The van der Waals surface area contributed by atoms with Crippen molar-refractivity contribution in [1.29, 1.82) is 0 Å². The maximum absolute atomic E-state index is 11.6. The summed E-state index contributed by atoms with van der Waals surface area (Å²) in [4.78, 5) is 13.7. The van der Waals surface area contributed by atoms with E-state index in [0.717, 1.165) is 16.2 Å². The van der Waals surface area contributed by atoms with Gasteiger partial charge < -0.3 is 10.5 Å². The van der Waals surface area contributed by atoms with E-state index in [0.29, 0.717) is 11.3 Å². The molecule has 0 amide bonds. The summed E-state index contributed by atoms with van der Waals surface area (Å²) in [5, 5.41) is 0. The van der Waals surface area contributed by atoms with Crippen LogP contribution in [0.5, 0.6) is 0 Å². The van der Waals surface area contributed by atoms with E-state index in [1.54, 1.807) is 30.0 Å². The van der Waals surface area contributed by atoms with Crippen molar-refractivity contribution >= 4 is 23.4 Å². The lowest BCUT2D eigenvalue weighted by Crippen LogP contribution is -2.02. The van der Waals surface area contributed by atoms with Gasteiger partial charge >= 0.3 is 5.97 Å². The standard InChI is InChI=1S/C17H17NO2S/c1-20-17(19)13-6-8-15(18)16(10-13)21-14-7-5-11-3-2-4-12(11)9-14/h5-10H,2-4,18H2,1H3. The second kappa shape index (κ2) is 5.82. The molecular weight excluding hydrogens is 282 g/mol. The van der Waals surface area contributed by atoms with E-state index >= 15 is 0 Å². The van der Waals surface area contributed by atoms with Crippen LogP contribution >= 0.6 is 11.8 Å². The van der Waals surface area contributed by atoms with Crippen molar-refractivity contribution in [2.24, 2.45) is 0 Å². The zero-order valence-electron chi connectivity index (χ0n) is 11.9. The van der Waals surface area contributed by atoms with E-state index in [-0.39, 0.29) is 5.97 Å². The lowest BCUT2D eigenvalue weighted by molar-refractivity contribution is 0.0600. The second-order valence-corrected chi connectivity index (χ2v) is 6.25. The molecule has 108 valence electrons. The third-order valence-electron chi connectivity index (χ3n) is 3.73. The highest BCUT2D eigenvalue weighted by Gasteiger charge is 2.13. The number of nitrogen functional groups attached to an aromatic ring is 1. The van der Waals surface area contributed by atoms with Gasteiger partial charge in [0.25, 0.3) is 0 Å². The highest BCUT2D eigenvalue weighted by atomic mass is 32.2. The molecule has 3 nitrogen and oxygen atoms in total. The number of ether oxygens (including phenoxy) is 1. The molecule has 0 fully saturated rings. The fraction of sp³-hybridized carbons (Fsp3) is 0.235. The van der Waals surface area contributed by atoms with Crippen LogP contribution in [0.15, 0.2) is 46.2 Å². The van der Waals surface area contributed by atoms with Gasteiger partial charge in [-0.05, 0) is 60.7 Å². The Morgan fingerprint density at radius 2 is 1.95 bits per heavy atom. The Morgan fingerprint density at radius 1 is 1.14 bits per heavy atom. The van der Waals surface area contributed by atoms with Crippen molar-refractivity contribution in [1.82, 2.24) is 0 Å². The molecule has 2 aromatic rings. The van der Waals surface area contributed by atoms with Gasteiger partial charge in [0.1, 0.15) is 0 Å². The average molecular weight is 299 g/mol. The molecule has 4 heteroatoms. The summed E-state index contributed by atoms with van der Waals surface area (Å²) in [7, 11) is 1.38. The summed E-state index contributed by atoms with van der Waals surface area (Å²) >= 11 is 1.59. The van der Waals surface area contributed by atoms with E-state index in [1.165, 1.54) is 31.1 Å². The van der Waals surface area contributed by atoms with Crippen LogP contribution in [0.2, 0.25) is 0 Å². The van der Waals surface area contributed by atoms with Crippen LogP contribution in [-0.2, 0) is 17.6 Å². The zero-order chi connectivity index (χ0) is 14.8.